The average Bonchev–Trinajstić information content (AvgIpc) is 3.08. The highest BCUT2D eigenvalue weighted by atomic mass is 35.5. The molecule has 0 aliphatic rings. The molecule has 0 radical (unpaired) electrons. The molecule has 0 fully saturated rings. The van der Waals surface area contributed by atoms with Gasteiger partial charge in [0.15, 0.2) is 11.5 Å². The van der Waals surface area contributed by atoms with E-state index in [0.717, 1.165) is 11.1 Å². The van der Waals surface area contributed by atoms with E-state index >= 15 is 0 Å². The maximum absolute atomic E-state index is 13.2. The number of H-pyrrole nitrogens is 1. The summed E-state index contributed by atoms with van der Waals surface area (Å²) in [6.45, 7) is 0. The molecule has 0 saturated carbocycles. The lowest BCUT2D eigenvalue weighted by molar-refractivity contribution is 0.0691. The highest BCUT2D eigenvalue weighted by molar-refractivity contribution is 6.39. The van der Waals surface area contributed by atoms with E-state index in [0.29, 0.717) is 21.6 Å². The average molecular weight is 384 g/mol. The topological polar surface area (TPSA) is 118 Å². The Hall–Kier alpha value is -3.52. The number of hydrogen-bond acceptors (Lipinski definition) is 5. The number of nitrogens with two attached hydrogens (primary N) is 1. The van der Waals surface area contributed by atoms with Gasteiger partial charge in [0.2, 0.25) is 0 Å². The largest absolute Gasteiger partial charge is 0.476 e. The molecule has 0 unspecified atom stereocenters. The standard InChI is InChI=1S/C18H11ClFN5O2/c19-14-11(12-7-22-16(21)15(25-12)18(26)27)6-24-17-13(14)10(5-23-17)8-1-3-9(20)4-2-8/h1-7H,(H2,21,22)(H,23,24)(H,26,27). The smallest absolute Gasteiger partial charge is 0.358 e. The van der Waals surface area contributed by atoms with Crippen LogP contribution >= 0.6 is 11.6 Å². The molecule has 27 heavy (non-hydrogen) atoms. The number of aromatic carboxylic acids is 1. The van der Waals surface area contributed by atoms with Crippen molar-refractivity contribution in [3.05, 3.63) is 59.4 Å². The van der Waals surface area contributed by atoms with E-state index in [-0.39, 0.29) is 23.0 Å². The van der Waals surface area contributed by atoms with Crippen LogP contribution < -0.4 is 5.73 Å². The molecule has 134 valence electrons. The second-order valence-corrected chi connectivity index (χ2v) is 6.09. The molecule has 0 saturated heterocycles. The van der Waals surface area contributed by atoms with Gasteiger partial charge in [0.1, 0.15) is 11.5 Å². The minimum absolute atomic E-state index is 0.190. The number of aromatic amines is 1. The van der Waals surface area contributed by atoms with Crippen LogP contribution in [0.25, 0.3) is 33.4 Å². The van der Waals surface area contributed by atoms with Gasteiger partial charge in [-0.3, -0.25) is 0 Å². The van der Waals surface area contributed by atoms with Crippen LogP contribution in [-0.2, 0) is 0 Å². The van der Waals surface area contributed by atoms with Crippen molar-refractivity contribution in [2.45, 2.75) is 0 Å². The van der Waals surface area contributed by atoms with Gasteiger partial charge >= 0.3 is 5.97 Å². The minimum Gasteiger partial charge on any atom is -0.476 e. The SMILES string of the molecule is Nc1ncc(-c2cnc3[nH]cc(-c4ccc(F)cc4)c3c2Cl)nc1C(=O)O. The Kier molecular flexibility index (Phi) is 3.97. The van der Waals surface area contributed by atoms with E-state index in [2.05, 4.69) is 19.9 Å². The van der Waals surface area contributed by atoms with Crippen LogP contribution in [0.2, 0.25) is 5.02 Å². The summed E-state index contributed by atoms with van der Waals surface area (Å²) in [4.78, 5) is 26.5. The fourth-order valence-corrected chi connectivity index (χ4v) is 3.12. The van der Waals surface area contributed by atoms with Gasteiger partial charge in [0.25, 0.3) is 0 Å². The van der Waals surface area contributed by atoms with Crippen molar-refractivity contribution in [1.29, 1.82) is 0 Å². The van der Waals surface area contributed by atoms with Gasteiger partial charge in [-0.25, -0.2) is 24.1 Å². The minimum atomic E-state index is -1.29. The van der Waals surface area contributed by atoms with E-state index in [1.54, 1.807) is 18.3 Å². The second kappa shape index (κ2) is 6.33. The van der Waals surface area contributed by atoms with Gasteiger partial charge in [0, 0.05) is 28.9 Å². The zero-order valence-electron chi connectivity index (χ0n) is 13.6. The quantitative estimate of drug-likeness (QED) is 0.495. The third-order valence-electron chi connectivity index (χ3n) is 4.07. The first-order valence-electron chi connectivity index (χ1n) is 7.73. The molecule has 7 nitrogen and oxygen atoms in total. The number of carboxylic acid groups (broad SMARTS) is 1. The van der Waals surface area contributed by atoms with Crippen molar-refractivity contribution in [3.63, 3.8) is 0 Å². The van der Waals surface area contributed by atoms with E-state index < -0.39 is 5.97 Å². The second-order valence-electron chi connectivity index (χ2n) is 5.71. The number of nitrogen functional groups attached to an aromatic ring is 1. The van der Waals surface area contributed by atoms with E-state index in [9.17, 15) is 14.3 Å². The fraction of sp³-hybridized carbons (Fsp3) is 0. The van der Waals surface area contributed by atoms with Crippen molar-refractivity contribution < 1.29 is 14.3 Å². The molecule has 0 atom stereocenters. The van der Waals surface area contributed by atoms with Crippen molar-refractivity contribution in [2.75, 3.05) is 5.73 Å². The molecule has 4 N–H and O–H groups in total. The zero-order chi connectivity index (χ0) is 19.1. The molecule has 0 aliphatic heterocycles. The van der Waals surface area contributed by atoms with Crippen molar-refractivity contribution in [1.82, 2.24) is 19.9 Å². The number of carboxylic acids is 1. The summed E-state index contributed by atoms with van der Waals surface area (Å²) < 4.78 is 13.2. The molecule has 0 amide bonds. The Morgan fingerprint density at radius 3 is 2.59 bits per heavy atom. The number of benzene rings is 1. The number of aromatic nitrogens is 4. The number of nitrogens with zero attached hydrogens (tertiary/aromatic N) is 3. The van der Waals surface area contributed by atoms with Crippen LogP contribution in [0, 0.1) is 5.82 Å². The first kappa shape index (κ1) is 16.9. The summed E-state index contributed by atoms with van der Waals surface area (Å²) in [5.74, 6) is -1.83. The number of rotatable bonds is 3. The van der Waals surface area contributed by atoms with Gasteiger partial charge in [0.05, 0.1) is 16.9 Å². The van der Waals surface area contributed by atoms with Crippen LogP contribution in [-0.4, -0.2) is 31.0 Å². The molecule has 0 bridgehead atoms. The number of halogens is 2. The van der Waals surface area contributed by atoms with Crippen LogP contribution in [0.5, 0.6) is 0 Å². The molecule has 9 heteroatoms. The van der Waals surface area contributed by atoms with Gasteiger partial charge < -0.3 is 15.8 Å². The normalized spacial score (nSPS) is 11.0. The molecule has 0 aliphatic carbocycles. The number of fused-ring (bicyclic) bond motifs is 1. The fourth-order valence-electron chi connectivity index (χ4n) is 2.78. The number of anilines is 1. The molecule has 0 spiro atoms. The van der Waals surface area contributed by atoms with Gasteiger partial charge in [-0.15, -0.1) is 0 Å². The zero-order valence-corrected chi connectivity index (χ0v) is 14.3. The predicted molar refractivity (Wildman–Crippen MR) is 98.9 cm³/mol. The third-order valence-corrected chi connectivity index (χ3v) is 4.47. The lowest BCUT2D eigenvalue weighted by Crippen LogP contribution is -2.08. The maximum Gasteiger partial charge on any atom is 0.358 e. The van der Waals surface area contributed by atoms with E-state index in [1.165, 1.54) is 24.5 Å². The lowest BCUT2D eigenvalue weighted by Gasteiger charge is -2.08. The van der Waals surface area contributed by atoms with Gasteiger partial charge in [-0.05, 0) is 17.7 Å². The van der Waals surface area contributed by atoms with Crippen LogP contribution in [0.4, 0.5) is 10.2 Å². The molecule has 4 aromatic rings. The van der Waals surface area contributed by atoms with E-state index in [4.69, 9.17) is 17.3 Å². The van der Waals surface area contributed by atoms with Crippen molar-refractivity contribution in [2.24, 2.45) is 0 Å². The molecule has 3 aromatic heterocycles. The number of nitrogens with one attached hydrogen (secondary N) is 1. The summed E-state index contributed by atoms with van der Waals surface area (Å²) in [6.07, 6.45) is 4.53. The van der Waals surface area contributed by atoms with Crippen molar-refractivity contribution >= 4 is 34.4 Å². The van der Waals surface area contributed by atoms with Gasteiger partial charge in [-0.2, -0.15) is 0 Å². The summed E-state index contributed by atoms with van der Waals surface area (Å²) in [5.41, 5.74) is 7.83. The highest BCUT2D eigenvalue weighted by Gasteiger charge is 2.19. The monoisotopic (exact) mass is 383 g/mol. The van der Waals surface area contributed by atoms with E-state index in [1.807, 2.05) is 0 Å². The Bertz CT molecular complexity index is 1190. The van der Waals surface area contributed by atoms with Crippen LogP contribution in [0.15, 0.2) is 42.9 Å². The third kappa shape index (κ3) is 2.85. The number of pyridine rings is 1. The lowest BCUT2D eigenvalue weighted by atomic mass is 10.0. The van der Waals surface area contributed by atoms with Crippen LogP contribution in [0.3, 0.4) is 0 Å². The summed E-state index contributed by atoms with van der Waals surface area (Å²) in [6, 6.07) is 5.97. The molecule has 1 aromatic carbocycles. The van der Waals surface area contributed by atoms with Crippen molar-refractivity contribution in [3.8, 4) is 22.4 Å². The first-order valence-corrected chi connectivity index (χ1v) is 8.11. The molecular formula is C18H11ClFN5O2. The Morgan fingerprint density at radius 1 is 1.15 bits per heavy atom. The Balaban J connectivity index is 1.92. The summed E-state index contributed by atoms with van der Waals surface area (Å²) >= 11 is 6.59. The highest BCUT2D eigenvalue weighted by Crippen LogP contribution is 2.38. The number of carbonyl (C=O) groups is 1. The Labute approximate surface area is 156 Å². The number of hydrogen-bond donors (Lipinski definition) is 3. The van der Waals surface area contributed by atoms with Crippen LogP contribution in [0.1, 0.15) is 10.5 Å². The molecule has 4 rings (SSSR count). The summed E-state index contributed by atoms with van der Waals surface area (Å²) in [5, 5.41) is 10.1. The predicted octanol–water partition coefficient (Wildman–Crippen LogP) is 3.76. The molecule has 3 heterocycles. The molecular weight excluding hydrogens is 373 g/mol. The first-order chi connectivity index (χ1) is 13.0. The van der Waals surface area contributed by atoms with Gasteiger partial charge in [-0.1, -0.05) is 23.7 Å². The Morgan fingerprint density at radius 2 is 1.89 bits per heavy atom. The maximum atomic E-state index is 13.2. The summed E-state index contributed by atoms with van der Waals surface area (Å²) in [7, 11) is 0.